The quantitative estimate of drug-likeness (QED) is 0.927. The van der Waals surface area contributed by atoms with Crippen molar-refractivity contribution in [3.05, 3.63) is 22.4 Å². The Hall–Kier alpha value is -1.08. The summed E-state index contributed by atoms with van der Waals surface area (Å²) >= 11 is 1.44. The van der Waals surface area contributed by atoms with E-state index in [9.17, 15) is 18.0 Å². The van der Waals surface area contributed by atoms with E-state index in [0.717, 1.165) is 4.88 Å². The van der Waals surface area contributed by atoms with Gasteiger partial charge in [-0.1, -0.05) is 6.07 Å². The molecule has 1 N–H and O–H groups in total. The molecule has 1 aromatic heterocycles. The summed E-state index contributed by atoms with van der Waals surface area (Å²) in [4.78, 5) is 14.6. The lowest BCUT2D eigenvalue weighted by Gasteiger charge is -2.34. The van der Waals surface area contributed by atoms with Crippen molar-refractivity contribution >= 4 is 17.2 Å². The highest BCUT2D eigenvalue weighted by Crippen LogP contribution is 2.44. The summed E-state index contributed by atoms with van der Waals surface area (Å²) in [6, 6.07) is 3.66. The summed E-state index contributed by atoms with van der Waals surface area (Å²) in [5.74, 6) is -0.814. The summed E-state index contributed by atoms with van der Waals surface area (Å²) in [6.45, 7) is 2.12. The molecule has 0 aliphatic carbocycles. The molecule has 0 bridgehead atoms. The van der Waals surface area contributed by atoms with Crippen molar-refractivity contribution in [1.29, 1.82) is 0 Å². The highest BCUT2D eigenvalue weighted by molar-refractivity contribution is 7.09. The summed E-state index contributed by atoms with van der Waals surface area (Å²) in [7, 11) is 0. The molecular weight excluding hydrogens is 289 g/mol. The minimum atomic E-state index is -4.52. The Morgan fingerprint density at radius 2 is 2.30 bits per heavy atom. The van der Waals surface area contributed by atoms with Crippen molar-refractivity contribution in [2.45, 2.75) is 26.1 Å². The molecule has 0 spiro atoms. The second-order valence-corrected chi connectivity index (χ2v) is 5.94. The lowest BCUT2D eigenvalue weighted by atomic mass is 9.84. The first-order valence-electron chi connectivity index (χ1n) is 6.50. The third-order valence-corrected chi connectivity index (χ3v) is 4.56. The molecule has 2 heterocycles. The van der Waals surface area contributed by atoms with Gasteiger partial charge in [0.05, 0.1) is 6.54 Å². The van der Waals surface area contributed by atoms with E-state index in [4.69, 9.17) is 0 Å². The Morgan fingerprint density at radius 1 is 1.55 bits per heavy atom. The third kappa shape index (κ3) is 2.69. The van der Waals surface area contributed by atoms with Crippen LogP contribution >= 0.6 is 11.3 Å². The molecule has 3 nitrogen and oxygen atoms in total. The van der Waals surface area contributed by atoms with Crippen LogP contribution in [-0.4, -0.2) is 36.6 Å². The first-order chi connectivity index (χ1) is 9.40. The average molecular weight is 306 g/mol. The number of hydrogen-bond donors (Lipinski definition) is 1. The summed E-state index contributed by atoms with van der Waals surface area (Å²) in [5.41, 5.74) is -2.26. The zero-order chi connectivity index (χ0) is 14.8. The van der Waals surface area contributed by atoms with E-state index in [0.29, 0.717) is 0 Å². The maximum absolute atomic E-state index is 13.4. The number of nitrogens with one attached hydrogen (secondary N) is 1. The third-order valence-electron chi connectivity index (χ3n) is 3.70. The highest BCUT2D eigenvalue weighted by atomic mass is 32.1. The van der Waals surface area contributed by atoms with Crippen molar-refractivity contribution in [2.75, 3.05) is 19.6 Å². The largest absolute Gasteiger partial charge is 0.404 e. The van der Waals surface area contributed by atoms with E-state index in [-0.39, 0.29) is 32.6 Å². The lowest BCUT2D eigenvalue weighted by molar-refractivity contribution is -0.222. The molecule has 2 rings (SSSR count). The fraction of sp³-hybridized carbons (Fsp3) is 0.615. The van der Waals surface area contributed by atoms with Gasteiger partial charge >= 0.3 is 6.18 Å². The minimum Gasteiger partial charge on any atom is -0.337 e. The summed E-state index contributed by atoms with van der Waals surface area (Å²) in [5, 5.41) is 4.53. The van der Waals surface area contributed by atoms with Crippen LogP contribution in [0, 0.1) is 5.41 Å². The van der Waals surface area contributed by atoms with E-state index in [1.54, 1.807) is 6.92 Å². The van der Waals surface area contributed by atoms with Gasteiger partial charge in [-0.15, -0.1) is 11.3 Å². The van der Waals surface area contributed by atoms with Gasteiger partial charge in [0.25, 0.3) is 0 Å². The van der Waals surface area contributed by atoms with Crippen molar-refractivity contribution in [3.8, 4) is 0 Å². The second kappa shape index (κ2) is 5.73. The average Bonchev–Trinajstić information content (AvgIpc) is 3.05. The topological polar surface area (TPSA) is 32.3 Å². The van der Waals surface area contributed by atoms with Crippen LogP contribution in [0.15, 0.2) is 17.5 Å². The first-order valence-corrected chi connectivity index (χ1v) is 7.38. The fourth-order valence-corrected chi connectivity index (χ4v) is 3.18. The van der Waals surface area contributed by atoms with Crippen molar-refractivity contribution in [3.63, 3.8) is 0 Å². The van der Waals surface area contributed by atoms with Gasteiger partial charge in [0, 0.05) is 18.0 Å². The van der Waals surface area contributed by atoms with E-state index >= 15 is 0 Å². The number of thiophene rings is 1. The van der Waals surface area contributed by atoms with Gasteiger partial charge in [0.1, 0.15) is 0 Å². The van der Waals surface area contributed by atoms with Crippen LogP contribution in [0.3, 0.4) is 0 Å². The van der Waals surface area contributed by atoms with Gasteiger partial charge in [0.15, 0.2) is 5.41 Å². The Labute approximate surface area is 119 Å². The molecule has 1 unspecified atom stereocenters. The number of halogens is 3. The Balaban J connectivity index is 2.22. The molecule has 0 aromatic carbocycles. The SMILES string of the molecule is CCN(Cc1cccs1)C(=O)C1(C(F)(F)F)CCNC1. The summed E-state index contributed by atoms with van der Waals surface area (Å²) in [6.07, 6.45) is -4.70. The van der Waals surface area contributed by atoms with Crippen molar-refractivity contribution in [1.82, 2.24) is 10.2 Å². The number of nitrogens with zero attached hydrogens (tertiary/aromatic N) is 1. The number of alkyl halides is 3. The van der Waals surface area contributed by atoms with Gasteiger partial charge in [-0.05, 0) is 31.3 Å². The zero-order valence-electron chi connectivity index (χ0n) is 11.2. The molecule has 1 aliphatic rings. The fourth-order valence-electron chi connectivity index (χ4n) is 2.46. The van der Waals surface area contributed by atoms with E-state index in [1.165, 1.54) is 16.2 Å². The Bertz CT molecular complexity index is 453. The van der Waals surface area contributed by atoms with Crippen LogP contribution in [0.1, 0.15) is 18.2 Å². The lowest BCUT2D eigenvalue weighted by Crippen LogP contribution is -2.53. The van der Waals surface area contributed by atoms with Gasteiger partial charge in [-0.2, -0.15) is 13.2 Å². The minimum absolute atomic E-state index is 0.184. The highest BCUT2D eigenvalue weighted by Gasteiger charge is 2.62. The molecule has 1 aromatic rings. The molecule has 1 aliphatic heterocycles. The smallest absolute Gasteiger partial charge is 0.337 e. The van der Waals surface area contributed by atoms with Gasteiger partial charge < -0.3 is 10.2 Å². The van der Waals surface area contributed by atoms with Gasteiger partial charge in [-0.3, -0.25) is 4.79 Å². The molecule has 112 valence electrons. The standard InChI is InChI=1S/C13H17F3N2OS/c1-2-18(8-10-4-3-7-20-10)11(19)12(13(14,15)16)5-6-17-9-12/h3-4,7,17H,2,5-6,8-9H2,1H3. The van der Waals surface area contributed by atoms with Gasteiger partial charge in [0.2, 0.25) is 5.91 Å². The van der Waals surface area contributed by atoms with Crippen molar-refractivity contribution in [2.24, 2.45) is 5.41 Å². The molecule has 0 radical (unpaired) electrons. The van der Waals surface area contributed by atoms with Crippen LogP contribution in [0.4, 0.5) is 13.2 Å². The molecule has 1 saturated heterocycles. The van der Waals surface area contributed by atoms with Gasteiger partial charge in [-0.25, -0.2) is 0 Å². The molecular formula is C13H17F3N2OS. The zero-order valence-corrected chi connectivity index (χ0v) is 12.0. The number of amides is 1. The van der Waals surface area contributed by atoms with Crippen LogP contribution in [0.2, 0.25) is 0 Å². The molecule has 7 heteroatoms. The van der Waals surface area contributed by atoms with Crippen LogP contribution in [-0.2, 0) is 11.3 Å². The molecule has 20 heavy (non-hydrogen) atoms. The molecule has 1 atom stereocenters. The van der Waals surface area contributed by atoms with Crippen LogP contribution in [0.5, 0.6) is 0 Å². The normalized spacial score (nSPS) is 23.0. The molecule has 1 amide bonds. The second-order valence-electron chi connectivity index (χ2n) is 4.91. The summed E-state index contributed by atoms with van der Waals surface area (Å²) < 4.78 is 40.1. The first kappa shape index (κ1) is 15.3. The number of carbonyl (C=O) groups is 1. The maximum atomic E-state index is 13.4. The number of carbonyl (C=O) groups excluding carboxylic acids is 1. The van der Waals surface area contributed by atoms with Crippen molar-refractivity contribution < 1.29 is 18.0 Å². The van der Waals surface area contributed by atoms with Crippen LogP contribution in [0.25, 0.3) is 0 Å². The maximum Gasteiger partial charge on any atom is 0.404 e. The Morgan fingerprint density at radius 3 is 2.75 bits per heavy atom. The van der Waals surface area contributed by atoms with E-state index < -0.39 is 17.5 Å². The monoisotopic (exact) mass is 306 g/mol. The predicted octanol–water partition coefficient (Wildman–Crippen LogP) is 2.64. The molecule has 0 saturated carbocycles. The van der Waals surface area contributed by atoms with E-state index in [1.807, 2.05) is 17.5 Å². The predicted molar refractivity (Wildman–Crippen MR) is 71.4 cm³/mol. The van der Waals surface area contributed by atoms with E-state index in [2.05, 4.69) is 5.32 Å². The number of rotatable bonds is 4. The number of hydrogen-bond acceptors (Lipinski definition) is 3. The molecule has 1 fully saturated rings. The van der Waals surface area contributed by atoms with Crippen LogP contribution < -0.4 is 5.32 Å². The Kier molecular flexibility index (Phi) is 4.39.